The lowest BCUT2D eigenvalue weighted by Crippen LogP contribution is -2.23. The van der Waals surface area contributed by atoms with Crippen LogP contribution in [0.3, 0.4) is 0 Å². The minimum absolute atomic E-state index is 0.0802. The third kappa shape index (κ3) is 3.30. The number of halogens is 1. The van der Waals surface area contributed by atoms with Crippen LogP contribution in [0, 0.1) is 5.82 Å². The van der Waals surface area contributed by atoms with Gasteiger partial charge in [-0.3, -0.25) is 14.9 Å². The van der Waals surface area contributed by atoms with Crippen molar-refractivity contribution in [3.63, 3.8) is 0 Å². The Hall–Kier alpha value is -3.88. The minimum atomic E-state index is -0.860. The molecule has 0 aliphatic carbocycles. The predicted molar refractivity (Wildman–Crippen MR) is 94.6 cm³/mol. The molecule has 0 radical (unpaired) electrons. The number of aromatic amines is 1. The summed E-state index contributed by atoms with van der Waals surface area (Å²) in [6.45, 7) is 0.431. The zero-order chi connectivity index (χ0) is 18.8. The Bertz CT molecular complexity index is 1120. The number of tetrazole rings is 1. The molecule has 0 saturated heterocycles. The van der Waals surface area contributed by atoms with E-state index in [-0.39, 0.29) is 17.3 Å². The number of anilines is 1. The summed E-state index contributed by atoms with van der Waals surface area (Å²) in [6.07, 6.45) is 1.62. The SMILES string of the molecule is O=C(Nc1nn[nH]n1)C(=O)c1cn(Cc2ccc(F)cc2)c2ccccc12. The van der Waals surface area contributed by atoms with Gasteiger partial charge in [-0.2, -0.15) is 5.21 Å². The first-order valence-corrected chi connectivity index (χ1v) is 8.03. The number of hydrogen-bond donors (Lipinski definition) is 2. The van der Waals surface area contributed by atoms with Gasteiger partial charge in [0.2, 0.25) is 0 Å². The topological polar surface area (TPSA) is 106 Å². The maximum atomic E-state index is 13.1. The fourth-order valence-electron chi connectivity index (χ4n) is 2.84. The molecule has 2 heterocycles. The molecule has 0 atom stereocenters. The summed E-state index contributed by atoms with van der Waals surface area (Å²) in [7, 11) is 0. The van der Waals surface area contributed by atoms with Crippen molar-refractivity contribution in [2.24, 2.45) is 0 Å². The molecular weight excluding hydrogens is 351 g/mol. The smallest absolute Gasteiger partial charge is 0.299 e. The molecule has 2 aromatic carbocycles. The number of amides is 1. The molecular formula is C18H13FN6O2. The van der Waals surface area contributed by atoms with Crippen LogP contribution in [0.25, 0.3) is 10.9 Å². The number of carbonyl (C=O) groups excluding carboxylic acids is 2. The molecule has 134 valence electrons. The van der Waals surface area contributed by atoms with Gasteiger partial charge in [0.05, 0.1) is 5.56 Å². The maximum Gasteiger partial charge on any atom is 0.299 e. The summed E-state index contributed by atoms with van der Waals surface area (Å²) in [6, 6.07) is 13.4. The molecule has 2 aromatic heterocycles. The first-order valence-electron chi connectivity index (χ1n) is 8.03. The second-order valence-corrected chi connectivity index (χ2v) is 5.83. The molecule has 2 N–H and O–H groups in total. The van der Waals surface area contributed by atoms with E-state index in [1.165, 1.54) is 12.1 Å². The van der Waals surface area contributed by atoms with Crippen LogP contribution in [-0.2, 0) is 11.3 Å². The average molecular weight is 364 g/mol. The first-order chi connectivity index (χ1) is 13.1. The Balaban J connectivity index is 1.67. The Morgan fingerprint density at radius 3 is 2.63 bits per heavy atom. The van der Waals surface area contributed by atoms with Crippen molar-refractivity contribution in [3.8, 4) is 0 Å². The molecule has 4 aromatic rings. The molecule has 9 heteroatoms. The minimum Gasteiger partial charge on any atom is -0.342 e. The number of rotatable bonds is 5. The van der Waals surface area contributed by atoms with Crippen LogP contribution in [0.1, 0.15) is 15.9 Å². The van der Waals surface area contributed by atoms with Gasteiger partial charge in [0.1, 0.15) is 5.82 Å². The standard InChI is InChI=1S/C18H13FN6O2/c19-12-7-5-11(6-8-12)9-25-10-14(13-3-1-2-4-15(13)25)16(26)17(27)20-18-21-23-24-22-18/h1-8,10H,9H2,(H2,20,21,22,23,24,27). The van der Waals surface area contributed by atoms with Crippen molar-refractivity contribution in [2.75, 3.05) is 5.32 Å². The summed E-state index contributed by atoms with van der Waals surface area (Å²) in [5.41, 5.74) is 1.92. The van der Waals surface area contributed by atoms with E-state index in [0.717, 1.165) is 11.1 Å². The maximum absolute atomic E-state index is 13.1. The molecule has 0 bridgehead atoms. The van der Waals surface area contributed by atoms with Crippen molar-refractivity contribution in [1.29, 1.82) is 0 Å². The summed E-state index contributed by atoms with van der Waals surface area (Å²) in [5, 5.41) is 15.6. The molecule has 4 rings (SSSR count). The predicted octanol–water partition coefficient (Wildman–Crippen LogP) is 2.16. The van der Waals surface area contributed by atoms with Crippen LogP contribution >= 0.6 is 0 Å². The van der Waals surface area contributed by atoms with E-state index in [2.05, 4.69) is 25.9 Å². The number of fused-ring (bicyclic) bond motifs is 1. The van der Waals surface area contributed by atoms with Crippen molar-refractivity contribution < 1.29 is 14.0 Å². The number of Topliss-reactive ketones (excluding diaryl/α,β-unsaturated/α-hetero) is 1. The van der Waals surface area contributed by atoms with Gasteiger partial charge in [-0.05, 0) is 29.0 Å². The summed E-state index contributed by atoms with van der Waals surface area (Å²) in [5.74, 6) is -1.97. The Kier molecular flexibility index (Phi) is 4.17. The van der Waals surface area contributed by atoms with E-state index < -0.39 is 11.7 Å². The van der Waals surface area contributed by atoms with Crippen LogP contribution in [-0.4, -0.2) is 36.9 Å². The summed E-state index contributed by atoms with van der Waals surface area (Å²) >= 11 is 0. The van der Waals surface area contributed by atoms with Gasteiger partial charge in [0.25, 0.3) is 17.6 Å². The van der Waals surface area contributed by atoms with E-state index in [1.54, 1.807) is 30.5 Å². The van der Waals surface area contributed by atoms with E-state index in [0.29, 0.717) is 11.9 Å². The van der Waals surface area contributed by atoms with E-state index in [1.807, 2.05) is 16.7 Å². The highest BCUT2D eigenvalue weighted by Gasteiger charge is 2.22. The third-order valence-corrected chi connectivity index (χ3v) is 4.08. The van der Waals surface area contributed by atoms with Crippen molar-refractivity contribution >= 4 is 28.5 Å². The number of ketones is 1. The Morgan fingerprint density at radius 2 is 1.89 bits per heavy atom. The lowest BCUT2D eigenvalue weighted by molar-refractivity contribution is -0.112. The third-order valence-electron chi connectivity index (χ3n) is 4.08. The quantitative estimate of drug-likeness (QED) is 0.417. The Labute approximate surface area is 152 Å². The van der Waals surface area contributed by atoms with E-state index in [9.17, 15) is 14.0 Å². The number of hydrogen-bond acceptors (Lipinski definition) is 5. The zero-order valence-electron chi connectivity index (χ0n) is 13.9. The van der Waals surface area contributed by atoms with Gasteiger partial charge in [-0.25, -0.2) is 4.39 Å². The van der Waals surface area contributed by atoms with Gasteiger partial charge in [-0.1, -0.05) is 35.4 Å². The average Bonchev–Trinajstić information content (AvgIpc) is 3.31. The van der Waals surface area contributed by atoms with Gasteiger partial charge in [-0.15, -0.1) is 5.10 Å². The highest BCUT2D eigenvalue weighted by Crippen LogP contribution is 2.23. The normalized spacial score (nSPS) is 10.9. The van der Waals surface area contributed by atoms with Crippen LogP contribution in [0.15, 0.2) is 54.7 Å². The monoisotopic (exact) mass is 364 g/mol. The van der Waals surface area contributed by atoms with E-state index in [4.69, 9.17) is 0 Å². The molecule has 1 amide bonds. The number of H-pyrrole nitrogens is 1. The molecule has 0 spiro atoms. The fourth-order valence-corrected chi connectivity index (χ4v) is 2.84. The van der Waals surface area contributed by atoms with Crippen molar-refractivity contribution in [2.45, 2.75) is 6.54 Å². The van der Waals surface area contributed by atoms with Crippen molar-refractivity contribution in [1.82, 2.24) is 25.2 Å². The molecule has 0 unspecified atom stereocenters. The molecule has 0 fully saturated rings. The zero-order valence-corrected chi connectivity index (χ0v) is 13.9. The molecule has 27 heavy (non-hydrogen) atoms. The van der Waals surface area contributed by atoms with Gasteiger partial charge in [0.15, 0.2) is 0 Å². The Morgan fingerprint density at radius 1 is 1.11 bits per heavy atom. The second kappa shape index (κ2) is 6.79. The van der Waals surface area contributed by atoms with Crippen molar-refractivity contribution in [3.05, 3.63) is 71.7 Å². The van der Waals surface area contributed by atoms with E-state index >= 15 is 0 Å². The number of aromatic nitrogens is 5. The van der Waals surface area contributed by atoms with Crippen LogP contribution in [0.2, 0.25) is 0 Å². The lowest BCUT2D eigenvalue weighted by atomic mass is 10.1. The second-order valence-electron chi connectivity index (χ2n) is 5.83. The summed E-state index contributed by atoms with van der Waals surface area (Å²) in [4.78, 5) is 24.9. The molecule has 0 aliphatic heterocycles. The van der Waals surface area contributed by atoms with Crippen LogP contribution in [0.5, 0.6) is 0 Å². The highest BCUT2D eigenvalue weighted by molar-refractivity contribution is 6.48. The number of benzene rings is 2. The summed E-state index contributed by atoms with van der Waals surface area (Å²) < 4.78 is 15.0. The van der Waals surface area contributed by atoms with Gasteiger partial charge in [0, 0.05) is 23.6 Å². The molecule has 0 aliphatic rings. The fraction of sp³-hybridized carbons (Fsp3) is 0.0556. The molecule has 0 saturated carbocycles. The largest absolute Gasteiger partial charge is 0.342 e. The first kappa shape index (κ1) is 16.6. The number of nitrogens with zero attached hydrogens (tertiary/aromatic N) is 4. The number of carbonyl (C=O) groups is 2. The van der Waals surface area contributed by atoms with Gasteiger partial charge < -0.3 is 4.57 Å². The number of nitrogens with one attached hydrogen (secondary N) is 2. The molecule has 8 nitrogen and oxygen atoms in total. The number of para-hydroxylation sites is 1. The highest BCUT2D eigenvalue weighted by atomic mass is 19.1. The van der Waals surface area contributed by atoms with Crippen LogP contribution in [0.4, 0.5) is 10.3 Å². The van der Waals surface area contributed by atoms with Crippen LogP contribution < -0.4 is 5.32 Å². The lowest BCUT2D eigenvalue weighted by Gasteiger charge is -2.05. The van der Waals surface area contributed by atoms with Gasteiger partial charge >= 0.3 is 0 Å².